The second-order valence-electron chi connectivity index (χ2n) is 5.45. The molecular formula is C21H20F2O4S. The zero-order valence-electron chi connectivity index (χ0n) is 15.5. The number of carbonyl (C=O) groups is 1. The Hall–Kier alpha value is -2.80. The van der Waals surface area contributed by atoms with Gasteiger partial charge in [-0.1, -0.05) is 36.6 Å². The van der Waals surface area contributed by atoms with Crippen LogP contribution in [0.3, 0.4) is 0 Å². The van der Waals surface area contributed by atoms with Crippen LogP contribution in [0.25, 0.3) is 6.08 Å². The fourth-order valence-corrected chi connectivity index (χ4v) is 2.94. The van der Waals surface area contributed by atoms with Gasteiger partial charge in [-0.3, -0.25) is 4.79 Å². The van der Waals surface area contributed by atoms with Gasteiger partial charge in [0.05, 0.1) is 19.1 Å². The van der Waals surface area contributed by atoms with Crippen molar-refractivity contribution in [3.8, 4) is 17.2 Å². The minimum Gasteiger partial charge on any atom is -0.496 e. The number of hydrogen-bond donors (Lipinski definition) is 0. The van der Waals surface area contributed by atoms with Crippen LogP contribution in [0.1, 0.15) is 15.9 Å². The summed E-state index contributed by atoms with van der Waals surface area (Å²) in [6.07, 6.45) is 4.66. The smallest absolute Gasteiger partial charge is 0.289 e. The van der Waals surface area contributed by atoms with Gasteiger partial charge in [0.25, 0.3) is 5.76 Å². The molecular weight excluding hydrogens is 386 g/mol. The molecule has 0 atom stereocenters. The third-order valence-electron chi connectivity index (χ3n) is 3.64. The molecule has 0 saturated carbocycles. The van der Waals surface area contributed by atoms with Crippen LogP contribution in [-0.4, -0.2) is 32.4 Å². The van der Waals surface area contributed by atoms with Crippen LogP contribution in [0, 0.1) is 0 Å². The third-order valence-corrected chi connectivity index (χ3v) is 4.41. The molecule has 2 aromatic rings. The first-order valence-electron chi connectivity index (χ1n) is 8.25. The van der Waals surface area contributed by atoms with Gasteiger partial charge >= 0.3 is 0 Å². The van der Waals surface area contributed by atoms with Gasteiger partial charge in [-0.15, -0.1) is 0 Å². The fraction of sp³-hybridized carbons (Fsp3) is 0.190. The normalized spacial score (nSPS) is 10.9. The molecule has 0 unspecified atom stereocenters. The Labute approximate surface area is 166 Å². The Morgan fingerprint density at radius 3 is 2.50 bits per heavy atom. The lowest BCUT2D eigenvalue weighted by molar-refractivity contribution is 0.104. The topological polar surface area (TPSA) is 44.8 Å². The predicted octanol–water partition coefficient (Wildman–Crippen LogP) is 5.48. The lowest BCUT2D eigenvalue weighted by Crippen LogP contribution is -1.98. The Bertz CT molecular complexity index is 865. The van der Waals surface area contributed by atoms with Crippen molar-refractivity contribution < 1.29 is 27.8 Å². The Balaban J connectivity index is 2.17. The van der Waals surface area contributed by atoms with E-state index in [2.05, 4.69) is 6.58 Å². The highest BCUT2D eigenvalue weighted by Gasteiger charge is 2.13. The number of ketones is 1. The van der Waals surface area contributed by atoms with Gasteiger partial charge in [0.2, 0.25) is 0 Å². The molecule has 2 rings (SSSR count). The first kappa shape index (κ1) is 21.5. The van der Waals surface area contributed by atoms with E-state index in [1.165, 1.54) is 38.5 Å². The maximum absolute atomic E-state index is 12.6. The van der Waals surface area contributed by atoms with Crippen molar-refractivity contribution in [3.05, 3.63) is 66.3 Å². The molecule has 0 N–H and O–H groups in total. The molecule has 0 aromatic heterocycles. The lowest BCUT2D eigenvalue weighted by Gasteiger charge is -2.10. The minimum atomic E-state index is -2.57. The van der Waals surface area contributed by atoms with E-state index in [9.17, 15) is 13.6 Å². The second-order valence-corrected chi connectivity index (χ2v) is 6.48. The summed E-state index contributed by atoms with van der Waals surface area (Å²) in [4.78, 5) is 12.7. The van der Waals surface area contributed by atoms with E-state index in [1.807, 2.05) is 0 Å². The maximum atomic E-state index is 12.6. The molecule has 0 radical (unpaired) electrons. The van der Waals surface area contributed by atoms with E-state index in [1.54, 1.807) is 30.4 Å². The predicted molar refractivity (Wildman–Crippen MR) is 107 cm³/mol. The molecule has 28 heavy (non-hydrogen) atoms. The Morgan fingerprint density at radius 2 is 1.86 bits per heavy atom. The summed E-state index contributed by atoms with van der Waals surface area (Å²) in [5.41, 5.74) is 1.08. The van der Waals surface area contributed by atoms with Crippen molar-refractivity contribution in [3.63, 3.8) is 0 Å². The number of carbonyl (C=O) groups excluding carboxylic acids is 1. The number of alkyl halides is 2. The van der Waals surface area contributed by atoms with Crippen molar-refractivity contribution in [2.24, 2.45) is 0 Å². The van der Waals surface area contributed by atoms with Crippen LogP contribution in [0.4, 0.5) is 8.78 Å². The highest BCUT2D eigenvalue weighted by Crippen LogP contribution is 2.34. The van der Waals surface area contributed by atoms with Gasteiger partial charge < -0.3 is 14.2 Å². The van der Waals surface area contributed by atoms with Crippen LogP contribution in [-0.2, 0) is 0 Å². The van der Waals surface area contributed by atoms with E-state index in [4.69, 9.17) is 14.2 Å². The van der Waals surface area contributed by atoms with Crippen molar-refractivity contribution in [2.45, 2.75) is 10.7 Å². The van der Waals surface area contributed by atoms with Crippen LogP contribution < -0.4 is 14.2 Å². The Morgan fingerprint density at radius 1 is 1.11 bits per heavy atom. The van der Waals surface area contributed by atoms with Crippen molar-refractivity contribution >= 4 is 23.6 Å². The quantitative estimate of drug-likeness (QED) is 0.226. The number of ether oxygens (including phenoxy) is 3. The van der Waals surface area contributed by atoms with E-state index >= 15 is 0 Å². The molecule has 0 aliphatic rings. The van der Waals surface area contributed by atoms with Crippen LogP contribution in [0.2, 0.25) is 0 Å². The molecule has 0 amide bonds. The van der Waals surface area contributed by atoms with Gasteiger partial charge in [-0.05, 0) is 42.0 Å². The molecule has 4 nitrogen and oxygen atoms in total. The number of rotatable bonds is 10. The number of halogens is 2. The number of benzene rings is 2. The standard InChI is InChI=1S/C21H20F2O4S/c1-4-11-27-17-9-6-14(12-18(17)25-2)5-8-16(24)15-7-10-20(28-21(22)23)19(13-15)26-3/h4-10,12-13,21H,1,11H2,2-3H3/b8-5+. The molecule has 0 bridgehead atoms. The molecule has 0 spiro atoms. The zero-order chi connectivity index (χ0) is 20.5. The summed E-state index contributed by atoms with van der Waals surface area (Å²) in [7, 11) is 2.90. The van der Waals surface area contributed by atoms with Gasteiger partial charge in [0, 0.05) is 5.56 Å². The van der Waals surface area contributed by atoms with Gasteiger partial charge in [-0.25, -0.2) is 0 Å². The van der Waals surface area contributed by atoms with Crippen LogP contribution in [0.15, 0.2) is 60.0 Å². The summed E-state index contributed by atoms with van der Waals surface area (Å²) in [5.74, 6) is -1.51. The highest BCUT2D eigenvalue weighted by molar-refractivity contribution is 7.99. The molecule has 148 valence electrons. The van der Waals surface area contributed by atoms with Crippen LogP contribution >= 0.6 is 11.8 Å². The van der Waals surface area contributed by atoms with E-state index in [0.717, 1.165) is 5.56 Å². The third kappa shape index (κ3) is 5.85. The number of allylic oxidation sites excluding steroid dienone is 1. The van der Waals surface area contributed by atoms with E-state index in [-0.39, 0.29) is 16.4 Å². The molecule has 0 fully saturated rings. The summed E-state index contributed by atoms with van der Waals surface area (Å²) < 4.78 is 41.0. The number of hydrogen-bond acceptors (Lipinski definition) is 5. The molecule has 2 aromatic carbocycles. The maximum Gasteiger partial charge on any atom is 0.289 e. The molecule has 0 saturated heterocycles. The highest BCUT2D eigenvalue weighted by atomic mass is 32.2. The lowest BCUT2D eigenvalue weighted by atomic mass is 10.1. The minimum absolute atomic E-state index is 0.231. The average molecular weight is 406 g/mol. The summed E-state index contributed by atoms with van der Waals surface area (Å²) in [6.45, 7) is 3.95. The van der Waals surface area contributed by atoms with Gasteiger partial charge in [0.1, 0.15) is 12.4 Å². The summed E-state index contributed by atoms with van der Waals surface area (Å²) >= 11 is 0.372. The fourth-order valence-electron chi connectivity index (χ4n) is 2.34. The summed E-state index contributed by atoms with van der Waals surface area (Å²) in [6, 6.07) is 9.66. The SMILES string of the molecule is C=CCOc1ccc(/C=C/C(=O)c2ccc(SC(F)F)c(OC)c2)cc1OC. The number of methoxy groups -OCH3 is 2. The zero-order valence-corrected chi connectivity index (χ0v) is 16.3. The average Bonchev–Trinajstić information content (AvgIpc) is 2.70. The van der Waals surface area contributed by atoms with Crippen molar-refractivity contribution in [2.75, 3.05) is 20.8 Å². The Kier molecular flexibility index (Phi) is 8.07. The van der Waals surface area contributed by atoms with Crippen molar-refractivity contribution in [1.82, 2.24) is 0 Å². The van der Waals surface area contributed by atoms with Crippen LogP contribution in [0.5, 0.6) is 17.2 Å². The van der Waals surface area contributed by atoms with Gasteiger partial charge in [0.15, 0.2) is 17.3 Å². The first-order valence-corrected chi connectivity index (χ1v) is 9.13. The molecule has 0 aliphatic heterocycles. The molecule has 7 heteroatoms. The molecule has 0 heterocycles. The van der Waals surface area contributed by atoms with Gasteiger partial charge in [-0.2, -0.15) is 8.78 Å². The second kappa shape index (κ2) is 10.5. The first-order chi connectivity index (χ1) is 13.5. The number of thioether (sulfide) groups is 1. The molecule has 0 aliphatic carbocycles. The summed E-state index contributed by atoms with van der Waals surface area (Å²) in [5, 5.41) is 0. The van der Waals surface area contributed by atoms with Crippen molar-refractivity contribution in [1.29, 1.82) is 0 Å². The van der Waals surface area contributed by atoms with E-state index < -0.39 is 5.76 Å². The monoisotopic (exact) mass is 406 g/mol. The van der Waals surface area contributed by atoms with E-state index in [0.29, 0.717) is 35.4 Å². The largest absolute Gasteiger partial charge is 0.496 e.